The molecular formula is C43H33N3O3. The van der Waals surface area contributed by atoms with Gasteiger partial charge in [-0.2, -0.15) is 0 Å². The van der Waals surface area contributed by atoms with E-state index in [0.29, 0.717) is 16.8 Å². The van der Waals surface area contributed by atoms with Crippen LogP contribution in [0.1, 0.15) is 65.2 Å². The molecule has 0 spiro atoms. The van der Waals surface area contributed by atoms with E-state index in [1.807, 2.05) is 30.4 Å². The molecule has 7 aromatic carbocycles. The number of carbonyl (C=O) groups is 2. The van der Waals surface area contributed by atoms with Gasteiger partial charge in [0.25, 0.3) is 17.4 Å². The smallest absolute Gasteiger partial charge is 0.265 e. The maximum atomic E-state index is 15.0. The van der Waals surface area contributed by atoms with Gasteiger partial charge in [-0.1, -0.05) is 24.3 Å². The quantitative estimate of drug-likeness (QED) is 0.0942. The summed E-state index contributed by atoms with van der Waals surface area (Å²) in [6.45, 7) is 16.7. The molecule has 6 nitrogen and oxygen atoms in total. The van der Waals surface area contributed by atoms with E-state index in [1.165, 1.54) is 4.90 Å². The van der Waals surface area contributed by atoms with E-state index in [-0.39, 0.29) is 17.4 Å². The monoisotopic (exact) mass is 639 g/mol. The third kappa shape index (κ3) is 2.94. The lowest BCUT2D eigenvalue weighted by molar-refractivity contribution is 0.0650. The Balaban J connectivity index is 1.59. The van der Waals surface area contributed by atoms with Gasteiger partial charge in [-0.25, -0.2) is 4.98 Å². The highest BCUT2D eigenvalue weighted by Crippen LogP contribution is 2.53. The number of amides is 2. The molecule has 0 unspecified atom stereocenters. The first-order valence-electron chi connectivity index (χ1n) is 16.9. The molecule has 3 heterocycles. The molecule has 1 aliphatic rings. The van der Waals surface area contributed by atoms with Gasteiger partial charge in [-0.3, -0.25) is 23.7 Å². The van der Waals surface area contributed by atoms with Gasteiger partial charge in [0, 0.05) is 23.2 Å². The number of aryl methyl sites for hydroxylation is 6. The summed E-state index contributed by atoms with van der Waals surface area (Å²) in [6.07, 6.45) is 0. The van der Waals surface area contributed by atoms with Crippen LogP contribution in [0.25, 0.3) is 81.3 Å². The van der Waals surface area contributed by atoms with Gasteiger partial charge < -0.3 is 0 Å². The van der Waals surface area contributed by atoms with E-state index in [2.05, 4.69) is 65.8 Å². The fraction of sp³-hybridized carbons (Fsp3) is 0.209. The number of hydrogen-bond acceptors (Lipinski definition) is 4. The fourth-order valence-electron chi connectivity index (χ4n) is 9.51. The zero-order valence-electron chi connectivity index (χ0n) is 29.0. The van der Waals surface area contributed by atoms with Crippen molar-refractivity contribution >= 4 is 93.1 Å². The third-order valence-corrected chi connectivity index (χ3v) is 12.4. The lowest BCUT2D eigenvalue weighted by Gasteiger charge is -2.32. The second kappa shape index (κ2) is 8.69. The standard InChI is InChI=1S/C43H33N3O3/c1-16-20(5)32-38-35(43(49)46-27-15-25-13-11-10-12-24(25)14-26(27)44-40(32)46)23(8)19(4)29-31-18(3)22(7)34-39-33(41(47)45(9)42(34)48)21(6)17(2)30(37(31)39)28(16)36(29)38/h10-15H,1-9H3. The van der Waals surface area contributed by atoms with Gasteiger partial charge in [0.15, 0.2) is 0 Å². The third-order valence-electron chi connectivity index (χ3n) is 12.4. The van der Waals surface area contributed by atoms with Crippen molar-refractivity contribution < 1.29 is 9.59 Å². The fourth-order valence-corrected chi connectivity index (χ4v) is 9.51. The van der Waals surface area contributed by atoms with Crippen molar-refractivity contribution in [3.05, 3.63) is 102 Å². The summed E-state index contributed by atoms with van der Waals surface area (Å²) < 4.78 is 1.83. The molecule has 238 valence electrons. The topological polar surface area (TPSA) is 71.8 Å². The molecule has 0 N–H and O–H groups in total. The molecule has 0 saturated carbocycles. The van der Waals surface area contributed by atoms with Crippen LogP contribution in [0, 0.1) is 55.4 Å². The largest absolute Gasteiger partial charge is 0.277 e. The van der Waals surface area contributed by atoms with Gasteiger partial charge in [0.2, 0.25) is 0 Å². The number of aromatic nitrogens is 2. The van der Waals surface area contributed by atoms with E-state index in [1.54, 1.807) is 7.05 Å². The van der Waals surface area contributed by atoms with Crippen molar-refractivity contribution in [1.82, 2.24) is 14.3 Å². The number of imidazole rings is 1. The number of rotatable bonds is 0. The minimum atomic E-state index is -0.257. The number of hydrogen-bond donors (Lipinski definition) is 0. The molecule has 2 amide bonds. The number of carbonyl (C=O) groups excluding carboxylic acids is 2. The first-order chi connectivity index (χ1) is 23.4. The molecule has 0 bridgehead atoms. The van der Waals surface area contributed by atoms with E-state index >= 15 is 0 Å². The molecule has 6 heteroatoms. The summed E-state index contributed by atoms with van der Waals surface area (Å²) in [5.41, 5.74) is 11.5. The van der Waals surface area contributed by atoms with Gasteiger partial charge in [0.1, 0.15) is 5.65 Å². The minimum Gasteiger partial charge on any atom is -0.277 e. The summed E-state index contributed by atoms with van der Waals surface area (Å²) in [6, 6.07) is 12.4. The average molecular weight is 640 g/mol. The second-order valence-electron chi connectivity index (χ2n) is 14.4. The number of nitrogens with zero attached hydrogens (tertiary/aromatic N) is 3. The lowest BCUT2D eigenvalue weighted by atomic mass is 9.75. The van der Waals surface area contributed by atoms with E-state index in [9.17, 15) is 14.4 Å². The van der Waals surface area contributed by atoms with Crippen molar-refractivity contribution in [3.63, 3.8) is 0 Å². The lowest BCUT2D eigenvalue weighted by Crippen LogP contribution is -2.38. The molecule has 0 fully saturated rings. The molecule has 0 saturated heterocycles. The predicted molar refractivity (Wildman–Crippen MR) is 201 cm³/mol. The summed E-state index contributed by atoms with van der Waals surface area (Å²) in [4.78, 5) is 49.2. The molecule has 0 atom stereocenters. The summed E-state index contributed by atoms with van der Waals surface area (Å²) in [5.74, 6) is -0.513. The highest BCUT2D eigenvalue weighted by Gasteiger charge is 2.37. The molecule has 0 radical (unpaired) electrons. The van der Waals surface area contributed by atoms with Crippen molar-refractivity contribution in [2.24, 2.45) is 0 Å². The van der Waals surface area contributed by atoms with Crippen LogP contribution >= 0.6 is 0 Å². The van der Waals surface area contributed by atoms with Crippen LogP contribution in [0.3, 0.4) is 0 Å². The van der Waals surface area contributed by atoms with Gasteiger partial charge in [-0.05, 0) is 155 Å². The Labute approximate surface area is 281 Å². The van der Waals surface area contributed by atoms with E-state index in [4.69, 9.17) is 4.98 Å². The Morgan fingerprint density at radius 2 is 0.918 bits per heavy atom. The van der Waals surface area contributed by atoms with Crippen LogP contribution < -0.4 is 5.56 Å². The number of benzene rings is 7. The van der Waals surface area contributed by atoms with Gasteiger partial charge in [-0.15, -0.1) is 0 Å². The van der Waals surface area contributed by atoms with Crippen molar-refractivity contribution in [2.45, 2.75) is 55.4 Å². The SMILES string of the molecule is Cc1c2c3c(c(C)c(C)c4c5c(C)c(C)c6c7c(c(C)c(C)c(c(c1C)c34)c57)c(=O)n1c3cc4ccccc4cc3nc61)C(=O)N(C)C2=O. The minimum absolute atomic E-state index is 0.0577. The van der Waals surface area contributed by atoms with Crippen molar-refractivity contribution in [2.75, 3.05) is 7.05 Å². The number of pyridine rings is 1. The number of imide groups is 1. The van der Waals surface area contributed by atoms with Crippen LogP contribution in [0.15, 0.2) is 41.2 Å². The van der Waals surface area contributed by atoms with Crippen molar-refractivity contribution in [1.29, 1.82) is 0 Å². The van der Waals surface area contributed by atoms with Crippen molar-refractivity contribution in [3.8, 4) is 0 Å². The zero-order chi connectivity index (χ0) is 34.3. The van der Waals surface area contributed by atoms with E-state index < -0.39 is 0 Å². The second-order valence-corrected chi connectivity index (χ2v) is 14.4. The maximum absolute atomic E-state index is 15.0. The van der Waals surface area contributed by atoms with Crippen LogP contribution in [-0.2, 0) is 0 Å². The Morgan fingerprint density at radius 3 is 1.47 bits per heavy atom. The average Bonchev–Trinajstić information content (AvgIpc) is 3.45. The Kier molecular flexibility index (Phi) is 5.04. The molecule has 1 aliphatic heterocycles. The first-order valence-corrected chi connectivity index (χ1v) is 16.9. The Bertz CT molecular complexity index is 3120. The van der Waals surface area contributed by atoms with Crippen LogP contribution in [0.5, 0.6) is 0 Å². The highest BCUT2D eigenvalue weighted by atomic mass is 16.2. The van der Waals surface area contributed by atoms with Gasteiger partial charge in [0.05, 0.1) is 27.5 Å². The Hall–Kier alpha value is -5.62. The normalized spacial score (nSPS) is 13.9. The zero-order valence-corrected chi connectivity index (χ0v) is 29.0. The maximum Gasteiger partial charge on any atom is 0.265 e. The molecule has 10 rings (SSSR count). The molecule has 9 aromatic rings. The highest BCUT2D eigenvalue weighted by molar-refractivity contribution is 6.44. The summed E-state index contributed by atoms with van der Waals surface area (Å²) in [5, 5.41) is 11.9. The summed E-state index contributed by atoms with van der Waals surface area (Å²) >= 11 is 0. The molecule has 49 heavy (non-hydrogen) atoms. The van der Waals surface area contributed by atoms with Gasteiger partial charge >= 0.3 is 0 Å². The van der Waals surface area contributed by atoms with Crippen LogP contribution in [0.2, 0.25) is 0 Å². The molecular weight excluding hydrogens is 606 g/mol. The summed E-state index contributed by atoms with van der Waals surface area (Å²) in [7, 11) is 1.59. The van der Waals surface area contributed by atoms with E-state index in [0.717, 1.165) is 120 Å². The Morgan fingerprint density at radius 1 is 0.490 bits per heavy atom. The van der Waals surface area contributed by atoms with Crippen LogP contribution in [0.4, 0.5) is 0 Å². The molecule has 2 aromatic heterocycles. The first kappa shape index (κ1) is 28.4. The number of fused-ring (bicyclic) bond motifs is 7. The predicted octanol–water partition coefficient (Wildman–Crippen LogP) is 9.34. The van der Waals surface area contributed by atoms with Crippen LogP contribution in [-0.4, -0.2) is 33.1 Å². The molecule has 0 aliphatic carbocycles.